The average molecular weight is 419 g/mol. The molecule has 3 rings (SSSR count). The lowest BCUT2D eigenvalue weighted by molar-refractivity contribution is -0.0651. The summed E-state index contributed by atoms with van der Waals surface area (Å²) >= 11 is 0. The lowest BCUT2D eigenvalue weighted by atomic mass is 9.62. The summed E-state index contributed by atoms with van der Waals surface area (Å²) in [4.78, 5) is 0. The number of fused-ring (bicyclic) bond motifs is 1. The van der Waals surface area contributed by atoms with Gasteiger partial charge in [0.05, 0.1) is 31.0 Å². The molecule has 0 amide bonds. The molecule has 0 spiro atoms. The standard InChI is InChI=1S/C26H42O4/c1-16(2)25(29)15-30-18(4)22-10-11-23-19(7-6-12-26(22,23)5)8-9-20-13-21(27)14-24(28)17(20)3/h8-9,16,18,21-25,27-29H,3,6-7,10-15H2,1-2,4-5H3/b19-8+,20-9+/t18-,21-,22-,23+,24+,25-,26-/m1/s1. The van der Waals surface area contributed by atoms with Gasteiger partial charge in [-0.05, 0) is 79.8 Å². The van der Waals surface area contributed by atoms with Crippen LogP contribution < -0.4 is 0 Å². The lowest BCUT2D eigenvalue weighted by Gasteiger charge is -2.44. The Kier molecular flexibility index (Phi) is 7.66. The largest absolute Gasteiger partial charge is 0.393 e. The molecule has 0 aromatic heterocycles. The van der Waals surface area contributed by atoms with Gasteiger partial charge >= 0.3 is 0 Å². The van der Waals surface area contributed by atoms with Crippen molar-refractivity contribution in [3.8, 4) is 0 Å². The van der Waals surface area contributed by atoms with Gasteiger partial charge in [-0.25, -0.2) is 0 Å². The quantitative estimate of drug-likeness (QED) is 0.592. The minimum Gasteiger partial charge on any atom is -0.393 e. The van der Waals surface area contributed by atoms with Crippen molar-refractivity contribution in [2.24, 2.45) is 23.2 Å². The molecule has 0 heterocycles. The summed E-state index contributed by atoms with van der Waals surface area (Å²) in [7, 11) is 0. The van der Waals surface area contributed by atoms with Crippen LogP contribution >= 0.6 is 0 Å². The van der Waals surface area contributed by atoms with Gasteiger partial charge < -0.3 is 20.1 Å². The molecule has 3 fully saturated rings. The summed E-state index contributed by atoms with van der Waals surface area (Å²) < 4.78 is 6.14. The number of hydrogen-bond donors (Lipinski definition) is 3. The lowest BCUT2D eigenvalue weighted by Crippen LogP contribution is -2.39. The molecule has 30 heavy (non-hydrogen) atoms. The van der Waals surface area contributed by atoms with Crippen molar-refractivity contribution >= 4 is 0 Å². The van der Waals surface area contributed by atoms with Crippen LogP contribution in [-0.4, -0.2) is 46.3 Å². The highest BCUT2D eigenvalue weighted by atomic mass is 16.5. The first kappa shape index (κ1) is 23.7. The van der Waals surface area contributed by atoms with E-state index in [0.717, 1.165) is 24.0 Å². The summed E-state index contributed by atoms with van der Waals surface area (Å²) in [5, 5.41) is 30.3. The molecule has 3 aliphatic rings. The highest BCUT2D eigenvalue weighted by molar-refractivity contribution is 5.38. The summed E-state index contributed by atoms with van der Waals surface area (Å²) in [6.45, 7) is 13.1. The van der Waals surface area contributed by atoms with Crippen molar-refractivity contribution < 1.29 is 20.1 Å². The fourth-order valence-electron chi connectivity index (χ4n) is 6.07. The molecule has 4 nitrogen and oxygen atoms in total. The van der Waals surface area contributed by atoms with E-state index in [1.165, 1.54) is 24.8 Å². The predicted molar refractivity (Wildman–Crippen MR) is 121 cm³/mol. The maximum Gasteiger partial charge on any atom is 0.0811 e. The Morgan fingerprint density at radius 3 is 2.63 bits per heavy atom. The fourth-order valence-corrected chi connectivity index (χ4v) is 6.07. The van der Waals surface area contributed by atoms with E-state index < -0.39 is 18.3 Å². The number of rotatable bonds is 6. The Labute approximate surface area is 182 Å². The molecule has 0 bridgehead atoms. The molecular weight excluding hydrogens is 376 g/mol. The second kappa shape index (κ2) is 9.68. The van der Waals surface area contributed by atoms with Crippen molar-refractivity contribution in [2.45, 2.75) is 97.1 Å². The van der Waals surface area contributed by atoms with Gasteiger partial charge in [0.2, 0.25) is 0 Å². The molecule has 170 valence electrons. The van der Waals surface area contributed by atoms with Crippen LogP contribution in [0.3, 0.4) is 0 Å². The van der Waals surface area contributed by atoms with E-state index in [2.05, 4.69) is 32.6 Å². The van der Waals surface area contributed by atoms with Crippen molar-refractivity contribution in [1.82, 2.24) is 0 Å². The Morgan fingerprint density at radius 1 is 1.20 bits per heavy atom. The summed E-state index contributed by atoms with van der Waals surface area (Å²) in [5.74, 6) is 1.28. The minimum absolute atomic E-state index is 0.148. The van der Waals surface area contributed by atoms with E-state index in [4.69, 9.17) is 4.74 Å². The first-order chi connectivity index (χ1) is 14.1. The second-order valence-electron chi connectivity index (χ2n) is 10.5. The van der Waals surface area contributed by atoms with Crippen LogP contribution in [0.25, 0.3) is 0 Å². The number of allylic oxidation sites excluding steroid dienone is 3. The topological polar surface area (TPSA) is 69.9 Å². The first-order valence-corrected chi connectivity index (χ1v) is 11.9. The highest BCUT2D eigenvalue weighted by Crippen LogP contribution is 2.58. The van der Waals surface area contributed by atoms with Crippen molar-refractivity contribution in [3.63, 3.8) is 0 Å². The third-order valence-electron chi connectivity index (χ3n) is 8.17. The third kappa shape index (κ3) is 4.93. The maximum absolute atomic E-state index is 10.1. The van der Waals surface area contributed by atoms with E-state index in [9.17, 15) is 15.3 Å². The molecular formula is C26H42O4. The zero-order valence-electron chi connectivity index (χ0n) is 19.3. The van der Waals surface area contributed by atoms with Crippen molar-refractivity contribution in [2.75, 3.05) is 6.61 Å². The molecule has 4 heteroatoms. The van der Waals surface area contributed by atoms with Crippen LogP contribution in [0.4, 0.5) is 0 Å². The Bertz CT molecular complexity index is 679. The van der Waals surface area contributed by atoms with Crippen LogP contribution in [0, 0.1) is 23.2 Å². The summed E-state index contributed by atoms with van der Waals surface area (Å²) in [5.41, 5.74) is 3.46. The second-order valence-corrected chi connectivity index (χ2v) is 10.5. The smallest absolute Gasteiger partial charge is 0.0811 e. The van der Waals surface area contributed by atoms with Crippen LogP contribution in [0.15, 0.2) is 35.5 Å². The van der Waals surface area contributed by atoms with Crippen molar-refractivity contribution in [3.05, 3.63) is 35.5 Å². The maximum atomic E-state index is 10.1. The van der Waals surface area contributed by atoms with Gasteiger partial charge in [0.1, 0.15) is 0 Å². The van der Waals surface area contributed by atoms with Gasteiger partial charge in [-0.15, -0.1) is 0 Å². The molecule has 0 aliphatic heterocycles. The zero-order valence-corrected chi connectivity index (χ0v) is 19.3. The number of hydrogen-bond acceptors (Lipinski definition) is 4. The molecule has 3 aliphatic carbocycles. The van der Waals surface area contributed by atoms with E-state index in [1.807, 2.05) is 13.8 Å². The fraction of sp³-hybridized carbons (Fsp3) is 0.769. The molecule has 0 saturated heterocycles. The van der Waals surface area contributed by atoms with Crippen LogP contribution in [-0.2, 0) is 4.74 Å². The molecule has 0 aromatic rings. The molecule has 0 radical (unpaired) electrons. The molecule has 7 atom stereocenters. The number of aliphatic hydroxyl groups excluding tert-OH is 3. The Morgan fingerprint density at radius 2 is 1.93 bits per heavy atom. The van der Waals surface area contributed by atoms with Gasteiger partial charge in [-0.2, -0.15) is 0 Å². The third-order valence-corrected chi connectivity index (χ3v) is 8.17. The zero-order chi connectivity index (χ0) is 22.1. The summed E-state index contributed by atoms with van der Waals surface area (Å²) in [6, 6.07) is 0. The van der Waals surface area contributed by atoms with E-state index in [1.54, 1.807) is 0 Å². The normalized spacial score (nSPS) is 39.5. The number of aliphatic hydroxyl groups is 3. The highest BCUT2D eigenvalue weighted by Gasteiger charge is 2.51. The van der Waals surface area contributed by atoms with Crippen LogP contribution in [0.1, 0.15) is 72.6 Å². The van der Waals surface area contributed by atoms with Crippen LogP contribution in [0.5, 0.6) is 0 Å². The van der Waals surface area contributed by atoms with Gasteiger partial charge in [0, 0.05) is 6.42 Å². The number of ether oxygens (including phenoxy) is 1. The predicted octanol–water partition coefficient (Wildman–Crippen LogP) is 4.55. The van der Waals surface area contributed by atoms with Gasteiger partial charge in [-0.1, -0.05) is 45.1 Å². The molecule has 3 N–H and O–H groups in total. The minimum atomic E-state index is -0.634. The molecule has 3 saturated carbocycles. The van der Waals surface area contributed by atoms with E-state index >= 15 is 0 Å². The average Bonchev–Trinajstić information content (AvgIpc) is 3.04. The SMILES string of the molecule is C=C1/C(=C/C=C2\CCC[C@]3(C)[C@@H]([C@@H](C)OC[C@@H](O)C(C)C)CC[C@@H]23)C[C@@H](O)C[C@@H]1O. The monoisotopic (exact) mass is 418 g/mol. The first-order valence-electron chi connectivity index (χ1n) is 11.9. The van der Waals surface area contributed by atoms with Gasteiger partial charge in [-0.3, -0.25) is 0 Å². The summed E-state index contributed by atoms with van der Waals surface area (Å²) in [6.07, 6.45) is 9.82. The van der Waals surface area contributed by atoms with E-state index in [-0.39, 0.29) is 17.4 Å². The molecule has 0 aromatic carbocycles. The Hall–Kier alpha value is -0.940. The van der Waals surface area contributed by atoms with Gasteiger partial charge in [0.25, 0.3) is 0 Å². The Balaban J connectivity index is 1.72. The van der Waals surface area contributed by atoms with Crippen LogP contribution in [0.2, 0.25) is 0 Å². The van der Waals surface area contributed by atoms with Gasteiger partial charge in [0.15, 0.2) is 0 Å². The van der Waals surface area contributed by atoms with Crippen molar-refractivity contribution in [1.29, 1.82) is 0 Å². The molecule has 0 unspecified atom stereocenters. The van der Waals surface area contributed by atoms with E-state index in [0.29, 0.717) is 31.3 Å².